The molecule has 1 aliphatic heterocycles. The van der Waals surface area contributed by atoms with Gasteiger partial charge in [0.1, 0.15) is 5.75 Å². The molecule has 0 unspecified atom stereocenters. The van der Waals surface area contributed by atoms with Crippen molar-refractivity contribution in [3.05, 3.63) is 29.3 Å². The molecule has 3 nitrogen and oxygen atoms in total. The van der Waals surface area contributed by atoms with Gasteiger partial charge in [0, 0.05) is 11.6 Å². The maximum atomic E-state index is 12.0. The third kappa shape index (κ3) is 3.16. The van der Waals surface area contributed by atoms with Crippen LogP contribution in [0.1, 0.15) is 28.8 Å². The molecule has 1 aromatic carbocycles. The number of rotatable bonds is 2. The van der Waals surface area contributed by atoms with Crippen LogP contribution in [0.2, 0.25) is 0 Å². The van der Waals surface area contributed by atoms with Crippen LogP contribution in [0.5, 0.6) is 5.75 Å². The first-order chi connectivity index (χ1) is 8.16. The lowest BCUT2D eigenvalue weighted by molar-refractivity contribution is 0.0934. The highest BCUT2D eigenvalue weighted by Gasteiger charge is 2.17. The molecule has 2 N–H and O–H groups in total. The fourth-order valence-electron chi connectivity index (χ4n) is 2.01. The molecule has 4 heteroatoms. The summed E-state index contributed by atoms with van der Waals surface area (Å²) in [4.78, 5) is 12.0. The van der Waals surface area contributed by atoms with Crippen molar-refractivity contribution in [2.75, 3.05) is 11.5 Å². The number of phenolic OH excluding ortho intramolecular Hbond substituents is 1. The van der Waals surface area contributed by atoms with E-state index < -0.39 is 0 Å². The molecule has 17 heavy (non-hydrogen) atoms. The van der Waals surface area contributed by atoms with Crippen LogP contribution in [0.3, 0.4) is 0 Å². The summed E-state index contributed by atoms with van der Waals surface area (Å²) >= 11 is 1.94. The van der Waals surface area contributed by atoms with Gasteiger partial charge in [-0.05, 0) is 55.0 Å². The molecule has 1 fully saturated rings. The number of aromatic hydroxyl groups is 1. The summed E-state index contributed by atoms with van der Waals surface area (Å²) in [5.74, 6) is 2.42. The fraction of sp³-hybridized carbons (Fsp3) is 0.462. The van der Waals surface area contributed by atoms with Crippen molar-refractivity contribution in [3.8, 4) is 5.75 Å². The minimum absolute atomic E-state index is 0.0283. The molecule has 2 rings (SSSR count). The monoisotopic (exact) mass is 251 g/mol. The third-order valence-corrected chi connectivity index (χ3v) is 4.06. The van der Waals surface area contributed by atoms with Crippen LogP contribution in [0.25, 0.3) is 0 Å². The Morgan fingerprint density at radius 2 is 2.12 bits per heavy atom. The summed E-state index contributed by atoms with van der Waals surface area (Å²) in [5.41, 5.74) is 1.47. The second-order valence-electron chi connectivity index (χ2n) is 4.36. The van der Waals surface area contributed by atoms with E-state index in [1.165, 1.54) is 0 Å². The molecule has 0 aromatic heterocycles. The van der Waals surface area contributed by atoms with Gasteiger partial charge in [-0.3, -0.25) is 4.79 Å². The molecule has 0 aliphatic carbocycles. The van der Waals surface area contributed by atoms with Crippen LogP contribution in [-0.4, -0.2) is 28.6 Å². The van der Waals surface area contributed by atoms with Crippen LogP contribution in [0, 0.1) is 6.92 Å². The van der Waals surface area contributed by atoms with Crippen molar-refractivity contribution in [3.63, 3.8) is 0 Å². The first-order valence-electron chi connectivity index (χ1n) is 5.85. The molecule has 1 aromatic rings. The Labute approximate surface area is 106 Å². The van der Waals surface area contributed by atoms with Gasteiger partial charge in [-0.2, -0.15) is 11.8 Å². The number of amides is 1. The molecular weight excluding hydrogens is 234 g/mol. The second kappa shape index (κ2) is 5.45. The largest absolute Gasteiger partial charge is 0.508 e. The van der Waals surface area contributed by atoms with Crippen molar-refractivity contribution in [2.24, 2.45) is 0 Å². The van der Waals surface area contributed by atoms with Crippen molar-refractivity contribution in [1.29, 1.82) is 0 Å². The lowest BCUT2D eigenvalue weighted by Gasteiger charge is -2.22. The van der Waals surface area contributed by atoms with E-state index in [1.54, 1.807) is 18.2 Å². The summed E-state index contributed by atoms with van der Waals surface area (Å²) in [6.45, 7) is 1.84. The van der Waals surface area contributed by atoms with Gasteiger partial charge in [-0.25, -0.2) is 0 Å². The van der Waals surface area contributed by atoms with Crippen molar-refractivity contribution < 1.29 is 9.90 Å². The number of nitrogens with one attached hydrogen (secondary N) is 1. The van der Waals surface area contributed by atoms with Crippen LogP contribution < -0.4 is 5.32 Å². The number of carbonyl (C=O) groups excluding carboxylic acids is 1. The van der Waals surface area contributed by atoms with Gasteiger partial charge in [-0.15, -0.1) is 0 Å². The maximum Gasteiger partial charge on any atom is 0.251 e. The highest BCUT2D eigenvalue weighted by molar-refractivity contribution is 7.99. The number of benzene rings is 1. The van der Waals surface area contributed by atoms with Gasteiger partial charge < -0.3 is 10.4 Å². The van der Waals surface area contributed by atoms with Crippen molar-refractivity contribution >= 4 is 17.7 Å². The number of hydrogen-bond acceptors (Lipinski definition) is 3. The van der Waals surface area contributed by atoms with Crippen LogP contribution >= 0.6 is 11.8 Å². The van der Waals surface area contributed by atoms with Gasteiger partial charge in [0.25, 0.3) is 5.91 Å². The molecule has 1 amide bonds. The average molecular weight is 251 g/mol. The van der Waals surface area contributed by atoms with Crippen molar-refractivity contribution in [1.82, 2.24) is 5.32 Å². The molecule has 1 heterocycles. The number of thioether (sulfide) groups is 1. The van der Waals surface area contributed by atoms with E-state index in [0.717, 1.165) is 29.9 Å². The number of carbonyl (C=O) groups is 1. The van der Waals surface area contributed by atoms with Crippen LogP contribution in [0.4, 0.5) is 0 Å². The highest BCUT2D eigenvalue weighted by Crippen LogP contribution is 2.19. The smallest absolute Gasteiger partial charge is 0.251 e. The van der Waals surface area contributed by atoms with Gasteiger partial charge in [0.15, 0.2) is 0 Å². The summed E-state index contributed by atoms with van der Waals surface area (Å²) < 4.78 is 0. The van der Waals surface area contributed by atoms with E-state index in [-0.39, 0.29) is 11.7 Å². The second-order valence-corrected chi connectivity index (χ2v) is 5.58. The van der Waals surface area contributed by atoms with E-state index in [1.807, 2.05) is 18.7 Å². The first kappa shape index (κ1) is 12.3. The fourth-order valence-corrected chi connectivity index (χ4v) is 3.11. The van der Waals surface area contributed by atoms with Crippen LogP contribution in [0.15, 0.2) is 18.2 Å². The van der Waals surface area contributed by atoms with Gasteiger partial charge >= 0.3 is 0 Å². The first-order valence-corrected chi connectivity index (χ1v) is 7.00. The molecule has 92 valence electrons. The topological polar surface area (TPSA) is 49.3 Å². The Balaban J connectivity index is 2.03. The number of phenols is 1. The highest BCUT2D eigenvalue weighted by atomic mass is 32.2. The average Bonchev–Trinajstić information content (AvgIpc) is 2.30. The predicted molar refractivity (Wildman–Crippen MR) is 70.7 cm³/mol. The van der Waals surface area contributed by atoms with Crippen molar-refractivity contribution in [2.45, 2.75) is 25.8 Å². The quantitative estimate of drug-likeness (QED) is 0.848. The van der Waals surface area contributed by atoms with Gasteiger partial charge in [0.2, 0.25) is 0 Å². The van der Waals surface area contributed by atoms with Crippen LogP contribution in [-0.2, 0) is 0 Å². The Hall–Kier alpha value is -1.16. The molecule has 1 saturated heterocycles. The molecule has 0 atom stereocenters. The molecule has 0 bridgehead atoms. The Morgan fingerprint density at radius 1 is 1.41 bits per heavy atom. The minimum atomic E-state index is -0.0283. The normalized spacial score (nSPS) is 16.8. The zero-order valence-corrected chi connectivity index (χ0v) is 10.7. The SMILES string of the molecule is Cc1cc(O)ccc1C(=O)NC1CCSCC1. The minimum Gasteiger partial charge on any atom is -0.508 e. The Morgan fingerprint density at radius 3 is 2.76 bits per heavy atom. The zero-order chi connectivity index (χ0) is 12.3. The zero-order valence-electron chi connectivity index (χ0n) is 9.90. The maximum absolute atomic E-state index is 12.0. The summed E-state index contributed by atoms with van der Waals surface area (Å²) in [6, 6.07) is 5.15. The van der Waals surface area contributed by atoms with Gasteiger partial charge in [0.05, 0.1) is 0 Å². The number of hydrogen-bond donors (Lipinski definition) is 2. The van der Waals surface area contributed by atoms with Gasteiger partial charge in [-0.1, -0.05) is 0 Å². The lowest BCUT2D eigenvalue weighted by atomic mass is 10.1. The van der Waals surface area contributed by atoms with E-state index in [2.05, 4.69) is 5.32 Å². The summed E-state index contributed by atoms with van der Waals surface area (Å²) in [5, 5.41) is 12.4. The van der Waals surface area contributed by atoms with E-state index in [0.29, 0.717) is 11.6 Å². The van der Waals surface area contributed by atoms with E-state index >= 15 is 0 Å². The predicted octanol–water partition coefficient (Wildman–Crippen LogP) is 2.33. The molecule has 1 aliphatic rings. The number of aryl methyl sites for hydroxylation is 1. The molecule has 0 spiro atoms. The standard InChI is InChI=1S/C13H17NO2S/c1-9-8-11(15)2-3-12(9)13(16)14-10-4-6-17-7-5-10/h2-3,8,10,15H,4-7H2,1H3,(H,14,16). The molecular formula is C13H17NO2S. The Kier molecular flexibility index (Phi) is 3.94. The summed E-state index contributed by atoms with van der Waals surface area (Å²) in [6.07, 6.45) is 2.10. The van der Waals surface area contributed by atoms with E-state index in [9.17, 15) is 9.90 Å². The van der Waals surface area contributed by atoms with E-state index in [4.69, 9.17) is 0 Å². The Bertz CT molecular complexity index is 414. The lowest BCUT2D eigenvalue weighted by Crippen LogP contribution is -2.37. The molecule has 0 saturated carbocycles. The third-order valence-electron chi connectivity index (χ3n) is 3.01. The molecule has 0 radical (unpaired) electrons. The summed E-state index contributed by atoms with van der Waals surface area (Å²) in [7, 11) is 0.